The summed E-state index contributed by atoms with van der Waals surface area (Å²) >= 11 is 0. The van der Waals surface area contributed by atoms with Crippen LogP contribution in [0.2, 0.25) is 0 Å². The van der Waals surface area contributed by atoms with Gasteiger partial charge in [0.1, 0.15) is 11.6 Å². The van der Waals surface area contributed by atoms with E-state index in [1.165, 1.54) is 0 Å². The van der Waals surface area contributed by atoms with E-state index in [4.69, 9.17) is 5.73 Å². The Hall–Kier alpha value is -1.16. The Balaban J connectivity index is 3.07. The highest BCUT2D eigenvalue weighted by Gasteiger charge is 2.17. The lowest BCUT2D eigenvalue weighted by Crippen LogP contribution is -2.39. The molecule has 4 nitrogen and oxygen atoms in total. The van der Waals surface area contributed by atoms with Crippen molar-refractivity contribution in [3.8, 4) is 0 Å². The topological polar surface area (TPSA) is 55.0 Å². The average Bonchev–Trinajstić information content (AvgIpc) is 2.38. The van der Waals surface area contributed by atoms with Gasteiger partial charge >= 0.3 is 0 Å². The standard InChI is InChI=1S/C14H26N4/c1-5-12-10-14(17-11(4)16-12)18(9-8-15)13(6-2)7-3/h10,13H,5-9,15H2,1-4H3. The van der Waals surface area contributed by atoms with Crippen molar-refractivity contribution in [1.82, 2.24) is 9.97 Å². The predicted octanol–water partition coefficient (Wildman–Crippen LogP) is 2.30. The van der Waals surface area contributed by atoms with Crippen LogP contribution < -0.4 is 10.6 Å². The van der Waals surface area contributed by atoms with Crippen molar-refractivity contribution in [2.75, 3.05) is 18.0 Å². The Kier molecular flexibility index (Phi) is 6.05. The molecule has 0 amide bonds. The van der Waals surface area contributed by atoms with Gasteiger partial charge in [-0.15, -0.1) is 0 Å². The fourth-order valence-electron chi connectivity index (χ4n) is 2.29. The molecule has 0 aliphatic heterocycles. The molecule has 4 heteroatoms. The summed E-state index contributed by atoms with van der Waals surface area (Å²) in [5.41, 5.74) is 6.84. The van der Waals surface area contributed by atoms with Crippen LogP contribution in [0.15, 0.2) is 6.07 Å². The summed E-state index contributed by atoms with van der Waals surface area (Å²) in [6.45, 7) is 10.0. The molecule has 0 radical (unpaired) electrons. The van der Waals surface area contributed by atoms with E-state index in [2.05, 4.69) is 41.7 Å². The number of hydrogen-bond donors (Lipinski definition) is 1. The molecule has 0 atom stereocenters. The Bertz CT molecular complexity index is 361. The van der Waals surface area contributed by atoms with Crippen LogP contribution in [0.4, 0.5) is 5.82 Å². The van der Waals surface area contributed by atoms with E-state index in [1.54, 1.807) is 0 Å². The number of hydrogen-bond acceptors (Lipinski definition) is 4. The number of nitrogens with zero attached hydrogens (tertiary/aromatic N) is 3. The number of nitrogens with two attached hydrogens (primary N) is 1. The Labute approximate surface area is 111 Å². The highest BCUT2D eigenvalue weighted by Crippen LogP contribution is 2.19. The molecule has 0 aliphatic rings. The molecule has 0 aromatic carbocycles. The maximum absolute atomic E-state index is 5.74. The van der Waals surface area contributed by atoms with Gasteiger partial charge in [0.15, 0.2) is 0 Å². The molecule has 1 rings (SSSR count). The third-order valence-electron chi connectivity index (χ3n) is 3.29. The van der Waals surface area contributed by atoms with E-state index in [-0.39, 0.29) is 0 Å². The molecular weight excluding hydrogens is 224 g/mol. The monoisotopic (exact) mass is 250 g/mol. The molecule has 0 bridgehead atoms. The summed E-state index contributed by atoms with van der Waals surface area (Å²) < 4.78 is 0. The van der Waals surface area contributed by atoms with Crippen LogP contribution in [0.5, 0.6) is 0 Å². The molecule has 1 heterocycles. The van der Waals surface area contributed by atoms with E-state index < -0.39 is 0 Å². The van der Waals surface area contributed by atoms with E-state index in [0.29, 0.717) is 12.6 Å². The molecular formula is C14H26N4. The number of aryl methyl sites for hydroxylation is 2. The van der Waals surface area contributed by atoms with Crippen LogP contribution in [-0.4, -0.2) is 29.1 Å². The van der Waals surface area contributed by atoms with Crippen LogP contribution in [0.3, 0.4) is 0 Å². The third-order valence-corrected chi connectivity index (χ3v) is 3.29. The lowest BCUT2D eigenvalue weighted by Gasteiger charge is -2.31. The first kappa shape index (κ1) is 14.9. The zero-order valence-corrected chi connectivity index (χ0v) is 12.1. The maximum Gasteiger partial charge on any atom is 0.132 e. The van der Waals surface area contributed by atoms with E-state index >= 15 is 0 Å². The highest BCUT2D eigenvalue weighted by molar-refractivity contribution is 5.41. The Morgan fingerprint density at radius 1 is 1.22 bits per heavy atom. The number of rotatable bonds is 7. The van der Waals surface area contributed by atoms with Crippen LogP contribution in [0.25, 0.3) is 0 Å². The van der Waals surface area contributed by atoms with Crippen LogP contribution in [-0.2, 0) is 6.42 Å². The second kappa shape index (κ2) is 7.31. The first-order chi connectivity index (χ1) is 8.65. The summed E-state index contributed by atoms with van der Waals surface area (Å²) in [6.07, 6.45) is 3.16. The molecule has 0 fully saturated rings. The van der Waals surface area contributed by atoms with E-state index in [9.17, 15) is 0 Å². The van der Waals surface area contributed by atoms with Gasteiger partial charge in [0.05, 0.1) is 0 Å². The van der Waals surface area contributed by atoms with Crippen LogP contribution in [0, 0.1) is 6.92 Å². The van der Waals surface area contributed by atoms with Gasteiger partial charge in [0.2, 0.25) is 0 Å². The summed E-state index contributed by atoms with van der Waals surface area (Å²) in [5.74, 6) is 1.87. The average molecular weight is 250 g/mol. The smallest absolute Gasteiger partial charge is 0.132 e. The van der Waals surface area contributed by atoms with Gasteiger partial charge in [-0.2, -0.15) is 0 Å². The molecule has 1 aromatic heterocycles. The quantitative estimate of drug-likeness (QED) is 0.807. The largest absolute Gasteiger partial charge is 0.352 e. The molecule has 18 heavy (non-hydrogen) atoms. The highest BCUT2D eigenvalue weighted by atomic mass is 15.2. The SMILES string of the molecule is CCc1cc(N(CCN)C(CC)CC)nc(C)n1. The summed E-state index contributed by atoms with van der Waals surface area (Å²) in [4.78, 5) is 11.3. The minimum atomic E-state index is 0.507. The van der Waals surface area contributed by atoms with Gasteiger partial charge in [-0.05, 0) is 26.2 Å². The lowest BCUT2D eigenvalue weighted by molar-refractivity contribution is 0.552. The molecule has 0 saturated carbocycles. The molecule has 2 N–H and O–H groups in total. The summed E-state index contributed by atoms with van der Waals surface area (Å²) in [6, 6.07) is 2.61. The van der Waals surface area contributed by atoms with Crippen molar-refractivity contribution in [3.05, 3.63) is 17.6 Å². The maximum atomic E-state index is 5.74. The van der Waals surface area contributed by atoms with Crippen molar-refractivity contribution < 1.29 is 0 Å². The number of aromatic nitrogens is 2. The molecule has 0 saturated heterocycles. The minimum Gasteiger partial charge on any atom is -0.352 e. The van der Waals surface area contributed by atoms with Crippen molar-refractivity contribution >= 4 is 5.82 Å². The zero-order chi connectivity index (χ0) is 13.5. The van der Waals surface area contributed by atoms with Gasteiger partial charge in [-0.3, -0.25) is 0 Å². The van der Waals surface area contributed by atoms with Gasteiger partial charge < -0.3 is 10.6 Å². The van der Waals surface area contributed by atoms with Crippen molar-refractivity contribution in [3.63, 3.8) is 0 Å². The molecule has 0 spiro atoms. The van der Waals surface area contributed by atoms with Gasteiger partial charge in [0.25, 0.3) is 0 Å². The molecule has 0 aliphatic carbocycles. The van der Waals surface area contributed by atoms with Crippen LogP contribution in [0.1, 0.15) is 45.1 Å². The van der Waals surface area contributed by atoms with Crippen molar-refractivity contribution in [2.24, 2.45) is 5.73 Å². The van der Waals surface area contributed by atoms with E-state index in [0.717, 1.165) is 43.1 Å². The normalized spacial score (nSPS) is 11.0. The van der Waals surface area contributed by atoms with Gasteiger partial charge in [-0.1, -0.05) is 20.8 Å². The van der Waals surface area contributed by atoms with Crippen LogP contribution >= 0.6 is 0 Å². The minimum absolute atomic E-state index is 0.507. The first-order valence-corrected chi connectivity index (χ1v) is 6.97. The van der Waals surface area contributed by atoms with Crippen molar-refractivity contribution in [2.45, 2.75) is 53.0 Å². The second-order valence-corrected chi connectivity index (χ2v) is 4.57. The third kappa shape index (κ3) is 3.67. The Morgan fingerprint density at radius 2 is 1.89 bits per heavy atom. The molecule has 0 unspecified atom stereocenters. The number of anilines is 1. The fourth-order valence-corrected chi connectivity index (χ4v) is 2.29. The van der Waals surface area contributed by atoms with Gasteiger partial charge in [0, 0.05) is 30.9 Å². The Morgan fingerprint density at radius 3 is 2.39 bits per heavy atom. The lowest BCUT2D eigenvalue weighted by atomic mass is 10.1. The molecule has 1 aromatic rings. The zero-order valence-electron chi connectivity index (χ0n) is 12.1. The second-order valence-electron chi connectivity index (χ2n) is 4.57. The first-order valence-electron chi connectivity index (χ1n) is 6.97. The fraction of sp³-hybridized carbons (Fsp3) is 0.714. The van der Waals surface area contributed by atoms with Gasteiger partial charge in [-0.25, -0.2) is 9.97 Å². The predicted molar refractivity (Wildman–Crippen MR) is 76.9 cm³/mol. The summed E-state index contributed by atoms with van der Waals surface area (Å²) in [5, 5.41) is 0. The van der Waals surface area contributed by atoms with Crippen molar-refractivity contribution in [1.29, 1.82) is 0 Å². The van der Waals surface area contributed by atoms with E-state index in [1.807, 2.05) is 6.92 Å². The molecule has 102 valence electrons. The summed E-state index contributed by atoms with van der Waals surface area (Å²) in [7, 11) is 0.